The summed E-state index contributed by atoms with van der Waals surface area (Å²) < 4.78 is 5.26. The predicted molar refractivity (Wildman–Crippen MR) is 63.8 cm³/mol. The molecule has 0 aromatic heterocycles. The number of Topliss-reactive ketones (excluding diaryl/α,β-unsaturated/α-hetero) is 1. The first kappa shape index (κ1) is 13.2. The summed E-state index contributed by atoms with van der Waals surface area (Å²) in [5.74, 6) is -1.74. The molecule has 0 heterocycles. The molecule has 0 atom stereocenters. The number of benzene rings is 1. The number of ketones is 1. The molecule has 0 radical (unpaired) electrons. The molecule has 0 bridgehead atoms. The summed E-state index contributed by atoms with van der Waals surface area (Å²) in [5.41, 5.74) is 1.74. The second kappa shape index (κ2) is 4.99. The van der Waals surface area contributed by atoms with Crippen molar-refractivity contribution < 1.29 is 19.4 Å². The molecule has 1 aromatic rings. The van der Waals surface area contributed by atoms with Gasteiger partial charge >= 0.3 is 5.97 Å². The van der Waals surface area contributed by atoms with Gasteiger partial charge in [-0.15, -0.1) is 0 Å². The van der Waals surface area contributed by atoms with Gasteiger partial charge in [-0.1, -0.05) is 19.9 Å². The summed E-state index contributed by atoms with van der Waals surface area (Å²) in [6.07, 6.45) is 0. The number of hydrogen-bond donors (Lipinski definition) is 1. The zero-order valence-electron chi connectivity index (χ0n) is 10.4. The molecule has 0 aliphatic heterocycles. The maximum absolute atomic E-state index is 11.6. The predicted octanol–water partition coefficient (Wildman–Crippen LogP) is 2.39. The van der Waals surface area contributed by atoms with Crippen LogP contribution in [0.3, 0.4) is 0 Å². The van der Waals surface area contributed by atoms with Crippen molar-refractivity contribution in [1.29, 1.82) is 0 Å². The summed E-state index contributed by atoms with van der Waals surface area (Å²) in [4.78, 5) is 22.4. The van der Waals surface area contributed by atoms with E-state index in [1.165, 1.54) is 7.11 Å². The molecule has 4 nitrogen and oxygen atoms in total. The van der Waals surface area contributed by atoms with E-state index in [-0.39, 0.29) is 11.5 Å². The zero-order chi connectivity index (χ0) is 13.2. The number of ether oxygens (including phenoxy) is 1. The number of aryl methyl sites for hydroxylation is 1. The smallest absolute Gasteiger partial charge is 0.377 e. The van der Waals surface area contributed by atoms with Gasteiger partial charge in [0, 0.05) is 11.1 Å². The topological polar surface area (TPSA) is 63.6 Å². The fourth-order valence-corrected chi connectivity index (χ4v) is 1.87. The summed E-state index contributed by atoms with van der Waals surface area (Å²) in [5, 5.41) is 8.78. The van der Waals surface area contributed by atoms with Crippen LogP contribution in [0.5, 0.6) is 5.75 Å². The van der Waals surface area contributed by atoms with E-state index in [4.69, 9.17) is 9.84 Å². The normalized spacial score (nSPS) is 10.4. The summed E-state index contributed by atoms with van der Waals surface area (Å²) in [6.45, 7) is 5.66. The number of carbonyl (C=O) groups excluding carboxylic acids is 1. The summed E-state index contributed by atoms with van der Waals surface area (Å²) in [7, 11) is 1.52. The molecule has 1 rings (SSSR count). The van der Waals surface area contributed by atoms with Crippen molar-refractivity contribution in [2.24, 2.45) is 0 Å². The largest absolute Gasteiger partial charge is 0.496 e. The molecule has 17 heavy (non-hydrogen) atoms. The Balaban J connectivity index is 3.51. The standard InChI is InChI=1S/C13H16O4/c1-7(2)10-9(11(14)13(15)16)6-5-8(3)12(10)17-4/h5-7H,1-4H3,(H,15,16). The molecule has 0 saturated carbocycles. The van der Waals surface area contributed by atoms with Gasteiger partial charge in [0.25, 0.3) is 5.78 Å². The van der Waals surface area contributed by atoms with E-state index >= 15 is 0 Å². The first-order valence-corrected chi connectivity index (χ1v) is 5.35. The monoisotopic (exact) mass is 236 g/mol. The summed E-state index contributed by atoms with van der Waals surface area (Å²) >= 11 is 0. The number of carboxylic acids is 1. The molecule has 1 aromatic carbocycles. The van der Waals surface area contributed by atoms with E-state index in [9.17, 15) is 9.59 Å². The van der Waals surface area contributed by atoms with Crippen LogP contribution in [0.2, 0.25) is 0 Å². The average Bonchev–Trinajstić information content (AvgIpc) is 2.27. The fraction of sp³-hybridized carbons (Fsp3) is 0.385. The van der Waals surface area contributed by atoms with Crippen molar-refractivity contribution in [1.82, 2.24) is 0 Å². The Morgan fingerprint density at radius 3 is 2.29 bits per heavy atom. The molecular weight excluding hydrogens is 220 g/mol. The van der Waals surface area contributed by atoms with Gasteiger partial charge in [0.05, 0.1) is 7.11 Å². The third-order valence-electron chi connectivity index (χ3n) is 2.61. The van der Waals surface area contributed by atoms with Crippen LogP contribution in [-0.2, 0) is 4.79 Å². The minimum absolute atomic E-state index is 0.0168. The van der Waals surface area contributed by atoms with Crippen molar-refractivity contribution in [3.63, 3.8) is 0 Å². The van der Waals surface area contributed by atoms with Gasteiger partial charge in [0.2, 0.25) is 0 Å². The minimum atomic E-state index is -1.45. The number of aliphatic carboxylic acids is 1. The molecule has 1 N–H and O–H groups in total. The van der Waals surface area contributed by atoms with Crippen LogP contribution >= 0.6 is 0 Å². The molecule has 4 heteroatoms. The Bertz CT molecular complexity index is 461. The second-order valence-corrected chi connectivity index (χ2v) is 4.17. The lowest BCUT2D eigenvalue weighted by Gasteiger charge is -2.17. The number of rotatable bonds is 4. The summed E-state index contributed by atoms with van der Waals surface area (Å²) in [6, 6.07) is 3.24. The maximum Gasteiger partial charge on any atom is 0.377 e. The molecule has 92 valence electrons. The lowest BCUT2D eigenvalue weighted by atomic mass is 9.91. The first-order valence-electron chi connectivity index (χ1n) is 5.35. The number of methoxy groups -OCH3 is 1. The van der Waals surface area contributed by atoms with Gasteiger partial charge in [-0.05, 0) is 24.5 Å². The highest BCUT2D eigenvalue weighted by molar-refractivity contribution is 6.40. The number of carbonyl (C=O) groups is 2. The van der Waals surface area contributed by atoms with Gasteiger partial charge in [-0.2, -0.15) is 0 Å². The highest BCUT2D eigenvalue weighted by Crippen LogP contribution is 2.33. The Hall–Kier alpha value is -1.84. The molecule has 0 unspecified atom stereocenters. The minimum Gasteiger partial charge on any atom is -0.496 e. The first-order chi connectivity index (χ1) is 7.90. The van der Waals surface area contributed by atoms with Gasteiger partial charge in [0.15, 0.2) is 0 Å². The van der Waals surface area contributed by atoms with Crippen LogP contribution in [0.25, 0.3) is 0 Å². The zero-order valence-corrected chi connectivity index (χ0v) is 10.4. The van der Waals surface area contributed by atoms with Crippen molar-refractivity contribution >= 4 is 11.8 Å². The maximum atomic E-state index is 11.6. The number of carboxylic acid groups (broad SMARTS) is 1. The van der Waals surface area contributed by atoms with E-state index in [1.807, 2.05) is 20.8 Å². The van der Waals surface area contributed by atoms with Crippen molar-refractivity contribution in [3.8, 4) is 5.75 Å². The quantitative estimate of drug-likeness (QED) is 0.644. The SMILES string of the molecule is COc1c(C)ccc(C(=O)C(=O)O)c1C(C)C. The molecular formula is C13H16O4. The lowest BCUT2D eigenvalue weighted by molar-refractivity contribution is -0.131. The molecule has 0 aliphatic rings. The van der Waals surface area contributed by atoms with Crippen LogP contribution in [0.15, 0.2) is 12.1 Å². The van der Waals surface area contributed by atoms with Crippen LogP contribution < -0.4 is 4.74 Å². The van der Waals surface area contributed by atoms with E-state index in [0.29, 0.717) is 11.3 Å². The highest BCUT2D eigenvalue weighted by Gasteiger charge is 2.23. The molecule has 0 fully saturated rings. The van der Waals surface area contributed by atoms with Gasteiger partial charge in [-0.25, -0.2) is 4.79 Å². The second-order valence-electron chi connectivity index (χ2n) is 4.17. The third kappa shape index (κ3) is 2.46. The van der Waals surface area contributed by atoms with Crippen molar-refractivity contribution in [3.05, 3.63) is 28.8 Å². The van der Waals surface area contributed by atoms with E-state index in [1.54, 1.807) is 12.1 Å². The van der Waals surface area contributed by atoms with Crippen LogP contribution in [0.4, 0.5) is 0 Å². The number of hydrogen-bond acceptors (Lipinski definition) is 3. The van der Waals surface area contributed by atoms with E-state index in [2.05, 4.69) is 0 Å². The van der Waals surface area contributed by atoms with Crippen LogP contribution in [-0.4, -0.2) is 24.0 Å². The van der Waals surface area contributed by atoms with Crippen LogP contribution in [0.1, 0.15) is 41.3 Å². The van der Waals surface area contributed by atoms with E-state index in [0.717, 1.165) is 5.56 Å². The molecule has 0 saturated heterocycles. The van der Waals surface area contributed by atoms with Gasteiger partial charge < -0.3 is 9.84 Å². The Kier molecular flexibility index (Phi) is 3.89. The molecule has 0 spiro atoms. The average molecular weight is 236 g/mol. The Labute approximate surface area is 100 Å². The van der Waals surface area contributed by atoms with Gasteiger partial charge in [0.1, 0.15) is 5.75 Å². The van der Waals surface area contributed by atoms with E-state index < -0.39 is 11.8 Å². The van der Waals surface area contributed by atoms with Gasteiger partial charge in [-0.3, -0.25) is 4.79 Å². The Morgan fingerprint density at radius 2 is 1.88 bits per heavy atom. The highest BCUT2D eigenvalue weighted by atomic mass is 16.5. The van der Waals surface area contributed by atoms with Crippen molar-refractivity contribution in [2.45, 2.75) is 26.7 Å². The lowest BCUT2D eigenvalue weighted by Crippen LogP contribution is -2.16. The third-order valence-corrected chi connectivity index (χ3v) is 2.61. The van der Waals surface area contributed by atoms with Crippen LogP contribution in [0, 0.1) is 6.92 Å². The Morgan fingerprint density at radius 1 is 1.29 bits per heavy atom. The van der Waals surface area contributed by atoms with Crippen molar-refractivity contribution in [2.75, 3.05) is 7.11 Å². The fourth-order valence-electron chi connectivity index (χ4n) is 1.87. The molecule has 0 amide bonds. The molecule has 0 aliphatic carbocycles.